The van der Waals surface area contributed by atoms with Gasteiger partial charge < -0.3 is 10.6 Å². The molecule has 0 aliphatic carbocycles. The summed E-state index contributed by atoms with van der Waals surface area (Å²) in [5.41, 5.74) is 2.14. The molecule has 0 bridgehead atoms. The smallest absolute Gasteiger partial charge is 0.249 e. The normalized spacial score (nSPS) is 19.4. The Hall–Kier alpha value is -2.22. The monoisotopic (exact) mass is 333 g/mol. The van der Waals surface area contributed by atoms with E-state index < -0.39 is 9.84 Å². The first-order valence-electron chi connectivity index (χ1n) is 7.57. The highest BCUT2D eigenvalue weighted by molar-refractivity contribution is 7.91. The minimum atomic E-state index is -2.92. The van der Waals surface area contributed by atoms with Gasteiger partial charge in [0.2, 0.25) is 5.95 Å². The van der Waals surface area contributed by atoms with Gasteiger partial charge in [-0.2, -0.15) is 10.1 Å². The number of nitrogens with zero attached hydrogens (tertiary/aromatic N) is 3. The number of nitrogens with one attached hydrogen (secondary N) is 2. The maximum Gasteiger partial charge on any atom is 0.249 e. The van der Waals surface area contributed by atoms with Gasteiger partial charge in [0.05, 0.1) is 17.7 Å². The number of aromatic nitrogens is 3. The lowest BCUT2D eigenvalue weighted by atomic mass is 10.1. The second-order valence-electron chi connectivity index (χ2n) is 5.58. The summed E-state index contributed by atoms with van der Waals surface area (Å²) in [6.07, 6.45) is 3.08. The summed E-state index contributed by atoms with van der Waals surface area (Å²) < 4.78 is 23.0. The average Bonchev–Trinajstić information content (AvgIpc) is 2.87. The average molecular weight is 333 g/mol. The summed E-state index contributed by atoms with van der Waals surface area (Å²) in [6.45, 7) is 2.10. The lowest BCUT2D eigenvalue weighted by molar-refractivity contribution is 0.602. The molecule has 0 radical (unpaired) electrons. The molecule has 2 N–H and O–H groups in total. The molecule has 0 amide bonds. The number of hydrogen-bond donors (Lipinski definition) is 2. The maximum absolute atomic E-state index is 11.5. The van der Waals surface area contributed by atoms with Gasteiger partial charge in [-0.05, 0) is 30.5 Å². The Labute approximate surface area is 135 Å². The first-order chi connectivity index (χ1) is 11.0. The van der Waals surface area contributed by atoms with Crippen molar-refractivity contribution in [1.29, 1.82) is 0 Å². The molecule has 7 nitrogen and oxygen atoms in total. The highest BCUT2D eigenvalue weighted by atomic mass is 32.2. The van der Waals surface area contributed by atoms with E-state index in [1.807, 2.05) is 24.3 Å². The van der Waals surface area contributed by atoms with Crippen LogP contribution in [0, 0.1) is 0 Å². The zero-order chi connectivity index (χ0) is 16.3. The molecule has 8 heteroatoms. The molecule has 1 unspecified atom stereocenters. The topological polar surface area (TPSA) is 96.9 Å². The molecule has 1 saturated heterocycles. The molecule has 23 heavy (non-hydrogen) atoms. The van der Waals surface area contributed by atoms with Crippen molar-refractivity contribution in [3.05, 3.63) is 36.0 Å². The summed E-state index contributed by atoms with van der Waals surface area (Å²) >= 11 is 0. The van der Waals surface area contributed by atoms with E-state index in [-0.39, 0.29) is 17.5 Å². The standard InChI is InChI=1S/C15H19N5O2S/c1-2-11-3-5-12(6-4-11)18-15-19-14(9-16-20-15)17-13-7-8-23(21,22)10-13/h3-6,9,13H,2,7-8,10H2,1H3,(H2,17,18,19,20). The lowest BCUT2D eigenvalue weighted by Crippen LogP contribution is -2.21. The number of anilines is 3. The van der Waals surface area contributed by atoms with Gasteiger partial charge in [-0.3, -0.25) is 0 Å². The third-order valence-electron chi connectivity index (χ3n) is 3.76. The zero-order valence-corrected chi connectivity index (χ0v) is 13.7. The van der Waals surface area contributed by atoms with E-state index in [0.717, 1.165) is 12.1 Å². The molecule has 0 saturated carbocycles. The predicted octanol–water partition coefficient (Wildman–Crippen LogP) is 1.78. The van der Waals surface area contributed by atoms with Crippen molar-refractivity contribution in [1.82, 2.24) is 15.2 Å². The van der Waals surface area contributed by atoms with Crippen LogP contribution >= 0.6 is 0 Å². The van der Waals surface area contributed by atoms with Crippen LogP contribution < -0.4 is 10.6 Å². The minimum absolute atomic E-state index is 0.117. The van der Waals surface area contributed by atoms with Gasteiger partial charge >= 0.3 is 0 Å². The quantitative estimate of drug-likeness (QED) is 0.860. The maximum atomic E-state index is 11.5. The van der Waals surface area contributed by atoms with E-state index in [4.69, 9.17) is 0 Å². The van der Waals surface area contributed by atoms with Gasteiger partial charge in [-0.1, -0.05) is 19.1 Å². The van der Waals surface area contributed by atoms with Crippen LogP contribution in [0.3, 0.4) is 0 Å². The van der Waals surface area contributed by atoms with Crippen molar-refractivity contribution in [3.8, 4) is 0 Å². The molecule has 1 aromatic carbocycles. The Bertz CT molecular complexity index is 777. The molecule has 0 spiro atoms. The third-order valence-corrected chi connectivity index (χ3v) is 5.53. The van der Waals surface area contributed by atoms with Crippen molar-refractivity contribution in [2.45, 2.75) is 25.8 Å². The fraction of sp³-hybridized carbons (Fsp3) is 0.400. The highest BCUT2D eigenvalue weighted by Gasteiger charge is 2.28. The number of sulfone groups is 1. The molecule has 1 aliphatic rings. The molecular weight excluding hydrogens is 314 g/mol. The summed E-state index contributed by atoms with van der Waals surface area (Å²) in [5, 5.41) is 14.1. The third kappa shape index (κ3) is 4.16. The van der Waals surface area contributed by atoms with Crippen LogP contribution in [0.15, 0.2) is 30.5 Å². The molecule has 1 aromatic heterocycles. The summed E-state index contributed by atoms with van der Waals surface area (Å²) in [4.78, 5) is 4.33. The molecule has 2 aromatic rings. The van der Waals surface area contributed by atoms with Gasteiger partial charge in [0, 0.05) is 11.7 Å². The Balaban J connectivity index is 1.67. The van der Waals surface area contributed by atoms with E-state index in [1.165, 1.54) is 11.8 Å². The van der Waals surface area contributed by atoms with Crippen molar-refractivity contribution >= 4 is 27.3 Å². The van der Waals surface area contributed by atoms with E-state index in [0.29, 0.717) is 18.2 Å². The van der Waals surface area contributed by atoms with E-state index >= 15 is 0 Å². The van der Waals surface area contributed by atoms with E-state index in [9.17, 15) is 8.42 Å². The van der Waals surface area contributed by atoms with Crippen molar-refractivity contribution < 1.29 is 8.42 Å². The fourth-order valence-electron chi connectivity index (χ4n) is 2.50. The number of aryl methyl sites for hydroxylation is 1. The van der Waals surface area contributed by atoms with E-state index in [2.05, 4.69) is 32.7 Å². The van der Waals surface area contributed by atoms with Crippen molar-refractivity contribution in [2.24, 2.45) is 0 Å². The number of rotatable bonds is 5. The van der Waals surface area contributed by atoms with Crippen LogP contribution in [0.5, 0.6) is 0 Å². The summed E-state index contributed by atoms with van der Waals surface area (Å²) in [7, 11) is -2.92. The first-order valence-corrected chi connectivity index (χ1v) is 9.39. The van der Waals surface area contributed by atoms with Gasteiger partial charge in [-0.25, -0.2) is 8.42 Å². The SMILES string of the molecule is CCc1ccc(Nc2nncc(NC3CCS(=O)(=O)C3)n2)cc1. The summed E-state index contributed by atoms with van der Waals surface area (Å²) in [5.74, 6) is 1.26. The van der Waals surface area contributed by atoms with Crippen LogP contribution in [0.2, 0.25) is 0 Å². The van der Waals surface area contributed by atoms with Crippen molar-refractivity contribution in [2.75, 3.05) is 22.1 Å². The molecule has 1 atom stereocenters. The predicted molar refractivity (Wildman–Crippen MR) is 89.6 cm³/mol. The minimum Gasteiger partial charge on any atom is -0.365 e. The Kier molecular flexibility index (Phi) is 4.42. The van der Waals surface area contributed by atoms with Crippen LogP contribution in [0.25, 0.3) is 0 Å². The first kappa shape index (κ1) is 15.7. The van der Waals surface area contributed by atoms with Gasteiger partial charge in [-0.15, -0.1) is 5.10 Å². The Morgan fingerprint density at radius 2 is 2.04 bits per heavy atom. The number of hydrogen-bond acceptors (Lipinski definition) is 7. The molecule has 3 rings (SSSR count). The van der Waals surface area contributed by atoms with E-state index in [1.54, 1.807) is 0 Å². The van der Waals surface area contributed by atoms with Gasteiger partial charge in [0.15, 0.2) is 15.7 Å². The van der Waals surface area contributed by atoms with Crippen LogP contribution in [0.1, 0.15) is 18.9 Å². The Morgan fingerprint density at radius 3 is 2.70 bits per heavy atom. The molecule has 122 valence electrons. The zero-order valence-electron chi connectivity index (χ0n) is 12.9. The molecule has 1 fully saturated rings. The van der Waals surface area contributed by atoms with Crippen molar-refractivity contribution in [3.63, 3.8) is 0 Å². The lowest BCUT2D eigenvalue weighted by Gasteiger charge is -2.12. The molecular formula is C15H19N5O2S. The molecule has 2 heterocycles. The van der Waals surface area contributed by atoms with Crippen LogP contribution in [-0.2, 0) is 16.3 Å². The molecule has 1 aliphatic heterocycles. The van der Waals surface area contributed by atoms with Crippen LogP contribution in [0.4, 0.5) is 17.5 Å². The largest absolute Gasteiger partial charge is 0.365 e. The Morgan fingerprint density at radius 1 is 1.26 bits per heavy atom. The second kappa shape index (κ2) is 6.49. The second-order valence-corrected chi connectivity index (χ2v) is 7.81. The highest BCUT2D eigenvalue weighted by Crippen LogP contribution is 2.18. The van der Waals surface area contributed by atoms with Crippen LogP contribution in [-0.4, -0.2) is 41.1 Å². The fourth-order valence-corrected chi connectivity index (χ4v) is 4.17. The van der Waals surface area contributed by atoms with Gasteiger partial charge in [0.25, 0.3) is 0 Å². The van der Waals surface area contributed by atoms with Gasteiger partial charge in [0.1, 0.15) is 0 Å². The summed E-state index contributed by atoms with van der Waals surface area (Å²) in [6, 6.07) is 7.90. The number of benzene rings is 1.